The van der Waals surface area contributed by atoms with E-state index in [1.807, 2.05) is 19.2 Å². The van der Waals surface area contributed by atoms with E-state index in [0.717, 1.165) is 37.1 Å². The van der Waals surface area contributed by atoms with Crippen LogP contribution in [0.5, 0.6) is 0 Å². The molecule has 1 aliphatic rings. The van der Waals surface area contributed by atoms with Crippen molar-refractivity contribution in [3.8, 4) is 0 Å². The fraction of sp³-hybridized carbons (Fsp3) is 0.333. The molecule has 0 amide bonds. The van der Waals surface area contributed by atoms with E-state index >= 15 is 0 Å². The number of aliphatic hydroxyl groups is 1. The second-order valence-corrected chi connectivity index (χ2v) is 6.85. The zero-order valence-corrected chi connectivity index (χ0v) is 14.7. The first-order valence-electron chi connectivity index (χ1n) is 8.97. The van der Waals surface area contributed by atoms with Gasteiger partial charge in [0.1, 0.15) is 0 Å². The summed E-state index contributed by atoms with van der Waals surface area (Å²) in [4.78, 5) is 4.78. The molecule has 0 bridgehead atoms. The predicted octanol–water partition coefficient (Wildman–Crippen LogP) is 3.03. The van der Waals surface area contributed by atoms with Crippen LogP contribution in [0.3, 0.4) is 0 Å². The lowest BCUT2D eigenvalue weighted by Gasteiger charge is -2.36. The molecule has 1 aromatic heterocycles. The number of benzene rings is 2. The highest BCUT2D eigenvalue weighted by Crippen LogP contribution is 2.27. The van der Waals surface area contributed by atoms with Gasteiger partial charge in [0.2, 0.25) is 0 Å². The molecule has 0 radical (unpaired) electrons. The minimum Gasteiger partial charge on any atom is -0.387 e. The third-order valence-electron chi connectivity index (χ3n) is 5.21. The molecule has 0 spiro atoms. The molecular formula is C21H25N3O. The van der Waals surface area contributed by atoms with Gasteiger partial charge in [0.05, 0.1) is 6.10 Å². The van der Waals surface area contributed by atoms with Crippen LogP contribution in [0.4, 0.5) is 5.69 Å². The van der Waals surface area contributed by atoms with Crippen LogP contribution in [0, 0.1) is 0 Å². The second kappa shape index (κ2) is 6.90. The average Bonchev–Trinajstić information content (AvgIpc) is 3.00. The predicted molar refractivity (Wildman–Crippen MR) is 103 cm³/mol. The Balaban J connectivity index is 1.41. The summed E-state index contributed by atoms with van der Waals surface area (Å²) < 4.78 is 2.10. The lowest BCUT2D eigenvalue weighted by molar-refractivity contribution is 0.110. The molecule has 1 aliphatic heterocycles. The first kappa shape index (κ1) is 16.2. The number of rotatable bonds is 4. The molecule has 1 atom stereocenters. The SMILES string of the molecule is Cn1cc([C@@H](O)CN2CCN(c3ccccc3)CC2)c2ccccc21. The average molecular weight is 335 g/mol. The lowest BCUT2D eigenvalue weighted by atomic mass is 10.1. The molecule has 25 heavy (non-hydrogen) atoms. The number of aliphatic hydroxyl groups excluding tert-OH is 1. The van der Waals surface area contributed by atoms with Crippen LogP contribution >= 0.6 is 0 Å². The molecule has 1 saturated heterocycles. The van der Waals surface area contributed by atoms with Crippen LogP contribution in [-0.2, 0) is 7.05 Å². The van der Waals surface area contributed by atoms with Gasteiger partial charge in [-0.25, -0.2) is 0 Å². The van der Waals surface area contributed by atoms with E-state index in [9.17, 15) is 5.11 Å². The Bertz CT molecular complexity index is 835. The Morgan fingerprint density at radius 2 is 1.60 bits per heavy atom. The highest BCUT2D eigenvalue weighted by atomic mass is 16.3. The van der Waals surface area contributed by atoms with Crippen molar-refractivity contribution in [2.24, 2.45) is 7.05 Å². The first-order valence-corrected chi connectivity index (χ1v) is 8.97. The molecule has 0 aliphatic carbocycles. The Labute approximate surface area is 148 Å². The van der Waals surface area contributed by atoms with Crippen molar-refractivity contribution < 1.29 is 5.11 Å². The summed E-state index contributed by atoms with van der Waals surface area (Å²) >= 11 is 0. The molecular weight excluding hydrogens is 310 g/mol. The number of anilines is 1. The number of para-hydroxylation sites is 2. The molecule has 2 aromatic carbocycles. The summed E-state index contributed by atoms with van der Waals surface area (Å²) in [5, 5.41) is 12.0. The number of nitrogens with zero attached hydrogens (tertiary/aromatic N) is 3. The smallest absolute Gasteiger partial charge is 0.0937 e. The van der Waals surface area contributed by atoms with Gasteiger partial charge in [-0.15, -0.1) is 0 Å². The maximum Gasteiger partial charge on any atom is 0.0937 e. The van der Waals surface area contributed by atoms with Gasteiger partial charge in [0, 0.05) is 68.1 Å². The van der Waals surface area contributed by atoms with E-state index in [2.05, 4.69) is 63.0 Å². The molecule has 4 nitrogen and oxygen atoms in total. The van der Waals surface area contributed by atoms with Crippen molar-refractivity contribution in [1.29, 1.82) is 0 Å². The van der Waals surface area contributed by atoms with E-state index in [-0.39, 0.29) is 0 Å². The summed E-state index contributed by atoms with van der Waals surface area (Å²) in [7, 11) is 2.04. The maximum absolute atomic E-state index is 10.8. The molecule has 1 N–H and O–H groups in total. The molecule has 1 fully saturated rings. The van der Waals surface area contributed by atoms with Gasteiger partial charge in [-0.2, -0.15) is 0 Å². The number of fused-ring (bicyclic) bond motifs is 1. The fourth-order valence-corrected chi connectivity index (χ4v) is 3.81. The van der Waals surface area contributed by atoms with Crippen LogP contribution < -0.4 is 4.90 Å². The van der Waals surface area contributed by atoms with Crippen molar-refractivity contribution >= 4 is 16.6 Å². The van der Waals surface area contributed by atoms with Gasteiger partial charge in [0.25, 0.3) is 0 Å². The number of β-amino-alcohol motifs (C(OH)–C–C–N with tert-alkyl or cyclic N) is 1. The van der Waals surface area contributed by atoms with E-state index in [4.69, 9.17) is 0 Å². The fourth-order valence-electron chi connectivity index (χ4n) is 3.81. The first-order chi connectivity index (χ1) is 12.2. The highest BCUT2D eigenvalue weighted by molar-refractivity contribution is 5.84. The molecule has 4 rings (SSSR count). The van der Waals surface area contributed by atoms with E-state index in [1.54, 1.807) is 0 Å². The molecule has 130 valence electrons. The van der Waals surface area contributed by atoms with E-state index in [0.29, 0.717) is 6.54 Å². The maximum atomic E-state index is 10.8. The summed E-state index contributed by atoms with van der Waals surface area (Å²) in [5.74, 6) is 0. The lowest BCUT2D eigenvalue weighted by Crippen LogP contribution is -2.47. The van der Waals surface area contributed by atoms with Gasteiger partial charge in [-0.3, -0.25) is 4.90 Å². The minimum atomic E-state index is -0.450. The molecule has 0 saturated carbocycles. The van der Waals surface area contributed by atoms with Crippen LogP contribution in [0.25, 0.3) is 10.9 Å². The third kappa shape index (κ3) is 3.28. The van der Waals surface area contributed by atoms with Crippen LogP contribution in [0.2, 0.25) is 0 Å². The Morgan fingerprint density at radius 3 is 2.36 bits per heavy atom. The number of hydrogen-bond donors (Lipinski definition) is 1. The normalized spacial score (nSPS) is 17.1. The monoisotopic (exact) mass is 335 g/mol. The number of aryl methyl sites for hydroxylation is 1. The second-order valence-electron chi connectivity index (χ2n) is 6.85. The van der Waals surface area contributed by atoms with Crippen LogP contribution in [0.15, 0.2) is 60.8 Å². The molecule has 0 unspecified atom stereocenters. The number of hydrogen-bond acceptors (Lipinski definition) is 3. The van der Waals surface area contributed by atoms with Gasteiger partial charge >= 0.3 is 0 Å². The minimum absolute atomic E-state index is 0.450. The van der Waals surface area contributed by atoms with Crippen molar-refractivity contribution in [2.75, 3.05) is 37.6 Å². The van der Waals surface area contributed by atoms with Crippen molar-refractivity contribution in [3.05, 3.63) is 66.4 Å². The van der Waals surface area contributed by atoms with Gasteiger partial charge in [-0.05, 0) is 18.2 Å². The molecule has 3 aromatic rings. The summed E-state index contributed by atoms with van der Waals surface area (Å²) in [6, 6.07) is 18.9. The zero-order chi connectivity index (χ0) is 17.2. The quantitative estimate of drug-likeness (QED) is 0.795. The van der Waals surface area contributed by atoms with Gasteiger partial charge < -0.3 is 14.6 Å². The van der Waals surface area contributed by atoms with Crippen molar-refractivity contribution in [3.63, 3.8) is 0 Å². The summed E-state index contributed by atoms with van der Waals surface area (Å²) in [6.45, 7) is 4.67. The van der Waals surface area contributed by atoms with E-state index < -0.39 is 6.10 Å². The molecule has 2 heterocycles. The topological polar surface area (TPSA) is 31.6 Å². The van der Waals surface area contributed by atoms with Gasteiger partial charge in [0.15, 0.2) is 0 Å². The third-order valence-corrected chi connectivity index (χ3v) is 5.21. The summed E-state index contributed by atoms with van der Waals surface area (Å²) in [6.07, 6.45) is 1.62. The highest BCUT2D eigenvalue weighted by Gasteiger charge is 2.22. The van der Waals surface area contributed by atoms with Crippen LogP contribution in [-0.4, -0.2) is 47.3 Å². The zero-order valence-electron chi connectivity index (χ0n) is 14.7. The van der Waals surface area contributed by atoms with E-state index in [1.165, 1.54) is 11.2 Å². The Morgan fingerprint density at radius 1 is 0.920 bits per heavy atom. The van der Waals surface area contributed by atoms with Crippen molar-refractivity contribution in [1.82, 2.24) is 9.47 Å². The van der Waals surface area contributed by atoms with Crippen molar-refractivity contribution in [2.45, 2.75) is 6.10 Å². The Kier molecular flexibility index (Phi) is 4.47. The Hall–Kier alpha value is -2.30. The molecule has 4 heteroatoms. The summed E-state index contributed by atoms with van der Waals surface area (Å²) in [5.41, 5.74) is 3.49. The standard InChI is InChI=1S/C21H25N3O/c1-22-15-19(18-9-5-6-10-20(18)22)21(25)16-23-11-13-24(14-12-23)17-7-3-2-4-8-17/h2-10,15,21,25H,11-14,16H2,1H3/t21-/m0/s1. The van der Waals surface area contributed by atoms with Gasteiger partial charge in [-0.1, -0.05) is 36.4 Å². The number of piperazine rings is 1. The van der Waals surface area contributed by atoms with Crippen LogP contribution in [0.1, 0.15) is 11.7 Å². The largest absolute Gasteiger partial charge is 0.387 e. The number of aromatic nitrogens is 1.